The van der Waals surface area contributed by atoms with Gasteiger partial charge in [0.2, 0.25) is 11.8 Å². The van der Waals surface area contributed by atoms with E-state index in [1.807, 2.05) is 0 Å². The normalized spacial score (nSPS) is 17.2. The highest BCUT2D eigenvalue weighted by molar-refractivity contribution is 6.07. The second-order valence-electron chi connectivity index (χ2n) is 5.36. The molecule has 2 rings (SSSR count). The molecular weight excluding hydrogens is 314 g/mol. The van der Waals surface area contributed by atoms with E-state index in [4.69, 9.17) is 0 Å². The molecule has 0 aliphatic carbocycles. The fraction of sp³-hybridized carbons (Fsp3) is 0.333. The molecule has 0 saturated carbocycles. The Kier molecular flexibility index (Phi) is 5.35. The standard InChI is InChI=1S/C15H17N5O4/c1-9(11-3-5-12(6-4-11)20(23)24)16-18-14(21)8-7-13-10(2)17-19-15(13)22/h3-6,13H,7-8H2,1-2H3,(H,18,21)(H,19,22)/b16-9+. The van der Waals surface area contributed by atoms with Crippen LogP contribution in [-0.4, -0.2) is 28.2 Å². The van der Waals surface area contributed by atoms with Gasteiger partial charge in [0.1, 0.15) is 0 Å². The summed E-state index contributed by atoms with van der Waals surface area (Å²) in [6.45, 7) is 3.42. The van der Waals surface area contributed by atoms with Crippen LogP contribution in [0.3, 0.4) is 0 Å². The van der Waals surface area contributed by atoms with Crippen molar-refractivity contribution in [3.63, 3.8) is 0 Å². The van der Waals surface area contributed by atoms with Crippen LogP contribution in [-0.2, 0) is 9.59 Å². The van der Waals surface area contributed by atoms with Crippen molar-refractivity contribution in [1.29, 1.82) is 0 Å². The minimum Gasteiger partial charge on any atom is -0.273 e. The Labute approximate surface area is 138 Å². The number of carbonyl (C=O) groups excluding carboxylic acids is 2. The fourth-order valence-electron chi connectivity index (χ4n) is 2.20. The smallest absolute Gasteiger partial charge is 0.269 e. The van der Waals surface area contributed by atoms with Crippen molar-refractivity contribution in [2.24, 2.45) is 16.1 Å². The minimum atomic E-state index is -0.484. The van der Waals surface area contributed by atoms with Gasteiger partial charge < -0.3 is 0 Å². The van der Waals surface area contributed by atoms with Gasteiger partial charge in [0, 0.05) is 24.3 Å². The van der Waals surface area contributed by atoms with Crippen LogP contribution in [0.4, 0.5) is 5.69 Å². The third kappa shape index (κ3) is 4.22. The monoisotopic (exact) mass is 331 g/mol. The Morgan fingerprint density at radius 1 is 1.42 bits per heavy atom. The molecule has 0 bridgehead atoms. The summed E-state index contributed by atoms with van der Waals surface area (Å²) in [4.78, 5) is 33.4. The van der Waals surface area contributed by atoms with E-state index < -0.39 is 4.92 Å². The van der Waals surface area contributed by atoms with Gasteiger partial charge in [0.05, 0.1) is 16.6 Å². The van der Waals surface area contributed by atoms with Crippen molar-refractivity contribution in [2.75, 3.05) is 0 Å². The number of nitrogens with one attached hydrogen (secondary N) is 2. The highest BCUT2D eigenvalue weighted by Gasteiger charge is 2.26. The minimum absolute atomic E-state index is 0.0116. The Bertz CT molecular complexity index is 724. The second kappa shape index (κ2) is 7.44. The van der Waals surface area contributed by atoms with Crippen molar-refractivity contribution in [2.45, 2.75) is 26.7 Å². The number of non-ortho nitro benzene ring substituents is 1. The Balaban J connectivity index is 1.87. The lowest BCUT2D eigenvalue weighted by Gasteiger charge is -2.07. The van der Waals surface area contributed by atoms with E-state index >= 15 is 0 Å². The van der Waals surface area contributed by atoms with E-state index in [0.717, 1.165) is 0 Å². The number of hydrogen-bond donors (Lipinski definition) is 2. The van der Waals surface area contributed by atoms with Crippen LogP contribution < -0.4 is 10.9 Å². The molecule has 1 unspecified atom stereocenters. The zero-order valence-corrected chi connectivity index (χ0v) is 13.3. The van der Waals surface area contributed by atoms with Gasteiger partial charge in [-0.25, -0.2) is 10.9 Å². The molecule has 0 radical (unpaired) electrons. The van der Waals surface area contributed by atoms with Crippen LogP contribution in [0.25, 0.3) is 0 Å². The summed E-state index contributed by atoms with van der Waals surface area (Å²) in [5.41, 5.74) is 6.63. The predicted octanol–water partition coefficient (Wildman–Crippen LogP) is 1.34. The summed E-state index contributed by atoms with van der Waals surface area (Å²) >= 11 is 0. The average molecular weight is 331 g/mol. The lowest BCUT2D eigenvalue weighted by atomic mass is 9.99. The number of hydrazone groups is 2. The number of nitro groups is 1. The molecule has 2 N–H and O–H groups in total. The van der Waals surface area contributed by atoms with Gasteiger partial charge in [-0.1, -0.05) is 0 Å². The molecule has 126 valence electrons. The number of nitro benzene ring substituents is 1. The molecule has 0 aromatic heterocycles. The summed E-state index contributed by atoms with van der Waals surface area (Å²) in [5.74, 6) is -0.898. The first-order valence-corrected chi connectivity index (χ1v) is 7.30. The molecule has 9 nitrogen and oxygen atoms in total. The molecule has 1 heterocycles. The number of benzene rings is 1. The number of nitrogens with zero attached hydrogens (tertiary/aromatic N) is 3. The third-order valence-corrected chi connectivity index (χ3v) is 3.67. The van der Waals surface area contributed by atoms with Gasteiger partial charge in [0.25, 0.3) is 5.69 Å². The maximum atomic E-state index is 11.8. The first-order chi connectivity index (χ1) is 11.4. The fourth-order valence-corrected chi connectivity index (χ4v) is 2.20. The molecule has 1 aromatic carbocycles. The second-order valence-corrected chi connectivity index (χ2v) is 5.36. The molecule has 1 atom stereocenters. The Hall–Kier alpha value is -3.10. The maximum Gasteiger partial charge on any atom is 0.269 e. The summed E-state index contributed by atoms with van der Waals surface area (Å²) < 4.78 is 0. The lowest BCUT2D eigenvalue weighted by Crippen LogP contribution is -2.25. The van der Waals surface area contributed by atoms with Gasteiger partial charge in [-0.2, -0.15) is 10.2 Å². The summed E-state index contributed by atoms with van der Waals surface area (Å²) in [6.07, 6.45) is 0.501. The molecular formula is C15H17N5O4. The van der Waals surface area contributed by atoms with E-state index in [1.165, 1.54) is 12.1 Å². The highest BCUT2D eigenvalue weighted by atomic mass is 16.6. The van der Waals surface area contributed by atoms with Crippen LogP contribution in [0.2, 0.25) is 0 Å². The van der Waals surface area contributed by atoms with Crippen molar-refractivity contribution in [3.05, 3.63) is 39.9 Å². The van der Waals surface area contributed by atoms with E-state index in [1.54, 1.807) is 26.0 Å². The molecule has 24 heavy (non-hydrogen) atoms. The van der Waals surface area contributed by atoms with Gasteiger partial charge in [-0.15, -0.1) is 0 Å². The SMILES string of the molecule is CC1=NNC(=O)C1CCC(=O)N/N=C(\C)c1ccc([N+](=O)[O-])cc1. The zero-order valence-electron chi connectivity index (χ0n) is 13.3. The zero-order chi connectivity index (χ0) is 17.7. The summed E-state index contributed by atoms with van der Waals surface area (Å²) in [7, 11) is 0. The molecule has 1 aliphatic heterocycles. The van der Waals surface area contributed by atoms with E-state index in [9.17, 15) is 19.7 Å². The molecule has 9 heteroatoms. The topological polar surface area (TPSA) is 126 Å². The van der Waals surface area contributed by atoms with E-state index in [2.05, 4.69) is 21.1 Å². The summed E-state index contributed by atoms with van der Waals surface area (Å²) in [5, 5.41) is 18.4. The number of hydrogen-bond acceptors (Lipinski definition) is 6. The highest BCUT2D eigenvalue weighted by Crippen LogP contribution is 2.14. The predicted molar refractivity (Wildman–Crippen MR) is 87.4 cm³/mol. The first kappa shape index (κ1) is 17.3. The lowest BCUT2D eigenvalue weighted by molar-refractivity contribution is -0.384. The molecule has 0 saturated heterocycles. The maximum absolute atomic E-state index is 11.8. The van der Waals surface area contributed by atoms with Crippen LogP contribution in [0, 0.1) is 16.0 Å². The number of carbonyl (C=O) groups is 2. The molecule has 2 amide bonds. The molecule has 1 aromatic rings. The van der Waals surface area contributed by atoms with Crippen LogP contribution >= 0.6 is 0 Å². The quantitative estimate of drug-likeness (QED) is 0.463. The van der Waals surface area contributed by atoms with Crippen molar-refractivity contribution in [1.82, 2.24) is 10.9 Å². The van der Waals surface area contributed by atoms with E-state index in [-0.39, 0.29) is 29.8 Å². The molecule has 0 fully saturated rings. The van der Waals surface area contributed by atoms with Crippen LogP contribution in [0.5, 0.6) is 0 Å². The van der Waals surface area contributed by atoms with Gasteiger partial charge in [0.15, 0.2) is 0 Å². The van der Waals surface area contributed by atoms with Gasteiger partial charge in [-0.05, 0) is 38.0 Å². The number of rotatable bonds is 6. The van der Waals surface area contributed by atoms with Crippen LogP contribution in [0.15, 0.2) is 34.5 Å². The van der Waals surface area contributed by atoms with Crippen molar-refractivity contribution in [3.8, 4) is 0 Å². The average Bonchev–Trinajstić information content (AvgIpc) is 2.89. The molecule has 1 aliphatic rings. The van der Waals surface area contributed by atoms with E-state index in [0.29, 0.717) is 23.4 Å². The largest absolute Gasteiger partial charge is 0.273 e. The number of amides is 2. The Morgan fingerprint density at radius 2 is 2.08 bits per heavy atom. The van der Waals surface area contributed by atoms with Crippen molar-refractivity contribution >= 4 is 28.9 Å². The van der Waals surface area contributed by atoms with Gasteiger partial charge >= 0.3 is 0 Å². The van der Waals surface area contributed by atoms with Gasteiger partial charge in [-0.3, -0.25) is 19.7 Å². The van der Waals surface area contributed by atoms with Crippen LogP contribution in [0.1, 0.15) is 32.3 Å². The first-order valence-electron chi connectivity index (χ1n) is 7.30. The Morgan fingerprint density at radius 3 is 2.62 bits per heavy atom. The summed E-state index contributed by atoms with van der Waals surface area (Å²) in [6, 6.07) is 5.87. The third-order valence-electron chi connectivity index (χ3n) is 3.67. The molecule has 0 spiro atoms. The van der Waals surface area contributed by atoms with Crippen molar-refractivity contribution < 1.29 is 14.5 Å².